The Morgan fingerprint density at radius 1 is 1.44 bits per heavy atom. The molecule has 4 nitrogen and oxygen atoms in total. The van der Waals surface area contributed by atoms with Crippen LogP contribution in [0.4, 0.5) is 8.78 Å². The van der Waals surface area contributed by atoms with Crippen molar-refractivity contribution in [2.75, 3.05) is 0 Å². The molecule has 0 radical (unpaired) electrons. The van der Waals surface area contributed by atoms with Gasteiger partial charge in [0.05, 0.1) is 5.56 Å². The van der Waals surface area contributed by atoms with E-state index in [0.29, 0.717) is 18.6 Å². The molecule has 1 aromatic heterocycles. The van der Waals surface area contributed by atoms with Gasteiger partial charge in [-0.15, -0.1) is 0 Å². The Morgan fingerprint density at radius 2 is 2.19 bits per heavy atom. The van der Waals surface area contributed by atoms with Crippen LogP contribution in [0.5, 0.6) is 0 Å². The number of carboxylic acids is 1. The summed E-state index contributed by atoms with van der Waals surface area (Å²) >= 11 is 0. The van der Waals surface area contributed by atoms with Crippen molar-refractivity contribution in [3.8, 4) is 0 Å². The molecule has 1 N–H and O–H groups in total. The minimum absolute atomic E-state index is 0.0742. The Balaban J connectivity index is 2.32. The largest absolute Gasteiger partial charge is 0.480 e. The summed E-state index contributed by atoms with van der Waals surface area (Å²) in [6, 6.07) is 1.41. The van der Waals surface area contributed by atoms with E-state index in [1.54, 1.807) is 0 Å². The monoisotopic (exact) mass is 226 g/mol. The van der Waals surface area contributed by atoms with Gasteiger partial charge >= 0.3 is 5.97 Å². The van der Waals surface area contributed by atoms with Gasteiger partial charge in [-0.25, -0.2) is 4.79 Å². The Morgan fingerprint density at radius 3 is 2.75 bits per heavy atom. The van der Waals surface area contributed by atoms with Gasteiger partial charge in [-0.05, 0) is 25.0 Å². The smallest absolute Gasteiger partial charge is 0.328 e. The van der Waals surface area contributed by atoms with E-state index in [9.17, 15) is 13.6 Å². The fourth-order valence-corrected chi connectivity index (χ4v) is 1.60. The van der Waals surface area contributed by atoms with Gasteiger partial charge in [-0.3, -0.25) is 4.99 Å². The van der Waals surface area contributed by atoms with Crippen molar-refractivity contribution in [3.05, 3.63) is 29.6 Å². The summed E-state index contributed by atoms with van der Waals surface area (Å²) in [6.07, 6.45) is 0.697. The van der Waals surface area contributed by atoms with Gasteiger partial charge in [0.2, 0.25) is 11.9 Å². The quantitative estimate of drug-likeness (QED) is 0.775. The van der Waals surface area contributed by atoms with Crippen molar-refractivity contribution in [2.45, 2.75) is 18.9 Å². The van der Waals surface area contributed by atoms with E-state index in [0.717, 1.165) is 6.07 Å². The zero-order valence-electron chi connectivity index (χ0n) is 8.15. The van der Waals surface area contributed by atoms with Crippen LogP contribution in [-0.4, -0.2) is 27.8 Å². The molecule has 6 heteroatoms. The highest BCUT2D eigenvalue weighted by molar-refractivity contribution is 6.03. The van der Waals surface area contributed by atoms with Crippen molar-refractivity contribution in [1.82, 2.24) is 4.98 Å². The van der Waals surface area contributed by atoms with Crippen molar-refractivity contribution in [3.63, 3.8) is 0 Å². The first-order chi connectivity index (χ1) is 7.58. The zero-order valence-corrected chi connectivity index (χ0v) is 8.15. The van der Waals surface area contributed by atoms with Crippen molar-refractivity contribution >= 4 is 11.7 Å². The van der Waals surface area contributed by atoms with Crippen LogP contribution in [0.25, 0.3) is 0 Å². The summed E-state index contributed by atoms with van der Waals surface area (Å²) in [7, 11) is 0. The molecule has 16 heavy (non-hydrogen) atoms. The number of hydrogen-bond donors (Lipinski definition) is 1. The molecule has 2 heterocycles. The molecular weight excluding hydrogens is 218 g/mol. The molecule has 1 aliphatic rings. The normalized spacial score (nSPS) is 19.6. The fourth-order valence-electron chi connectivity index (χ4n) is 1.60. The van der Waals surface area contributed by atoms with Gasteiger partial charge in [-0.2, -0.15) is 13.8 Å². The van der Waals surface area contributed by atoms with E-state index in [4.69, 9.17) is 5.11 Å². The van der Waals surface area contributed by atoms with Crippen LogP contribution in [-0.2, 0) is 4.79 Å². The number of aliphatic imine (C=N–C) groups is 1. The predicted octanol–water partition coefficient (Wildman–Crippen LogP) is 1.40. The zero-order chi connectivity index (χ0) is 11.7. The van der Waals surface area contributed by atoms with Crippen LogP contribution in [0.15, 0.2) is 17.1 Å². The first kappa shape index (κ1) is 10.7. The molecule has 0 fully saturated rings. The molecule has 0 aromatic carbocycles. The van der Waals surface area contributed by atoms with Crippen molar-refractivity contribution in [2.24, 2.45) is 4.99 Å². The average molecular weight is 226 g/mol. The van der Waals surface area contributed by atoms with Gasteiger partial charge < -0.3 is 5.11 Å². The predicted molar refractivity (Wildman–Crippen MR) is 51.3 cm³/mol. The topological polar surface area (TPSA) is 62.5 Å². The van der Waals surface area contributed by atoms with Crippen molar-refractivity contribution < 1.29 is 18.7 Å². The average Bonchev–Trinajstić information content (AvgIpc) is 2.66. The number of nitrogens with zero attached hydrogens (tertiary/aromatic N) is 2. The maximum Gasteiger partial charge on any atom is 0.328 e. The molecular formula is C10H8F2N2O2. The van der Waals surface area contributed by atoms with Crippen LogP contribution in [0.2, 0.25) is 0 Å². The van der Waals surface area contributed by atoms with Crippen LogP contribution in [0, 0.1) is 11.9 Å². The molecule has 0 saturated heterocycles. The lowest BCUT2D eigenvalue weighted by Gasteiger charge is -2.00. The number of hydrogen-bond acceptors (Lipinski definition) is 3. The number of carboxylic acid groups (broad SMARTS) is 1. The van der Waals surface area contributed by atoms with E-state index in [2.05, 4.69) is 9.98 Å². The third kappa shape index (κ3) is 1.91. The molecule has 0 bridgehead atoms. The number of halogens is 2. The van der Waals surface area contributed by atoms with E-state index >= 15 is 0 Å². The van der Waals surface area contributed by atoms with Crippen LogP contribution < -0.4 is 0 Å². The highest BCUT2D eigenvalue weighted by Crippen LogP contribution is 2.20. The minimum atomic E-state index is -1.04. The number of pyridine rings is 1. The molecule has 2 rings (SSSR count). The molecule has 0 saturated carbocycles. The standard InChI is InChI=1S/C10H8F2N2O2/c11-8-4-1-5(9(12)14-8)6-2-3-7(13-6)10(15)16/h1,4,7H,2-3H2,(H,15,16). The van der Waals surface area contributed by atoms with Crippen molar-refractivity contribution in [1.29, 1.82) is 0 Å². The lowest BCUT2D eigenvalue weighted by molar-refractivity contribution is -0.138. The summed E-state index contributed by atoms with van der Waals surface area (Å²) in [5.74, 6) is -2.90. The second-order valence-corrected chi connectivity index (χ2v) is 3.44. The van der Waals surface area contributed by atoms with Gasteiger partial charge in [0.25, 0.3) is 0 Å². The highest BCUT2D eigenvalue weighted by atomic mass is 19.1. The Labute approximate surface area is 89.7 Å². The van der Waals surface area contributed by atoms with Crippen LogP contribution >= 0.6 is 0 Å². The van der Waals surface area contributed by atoms with Crippen LogP contribution in [0.3, 0.4) is 0 Å². The summed E-state index contributed by atoms with van der Waals surface area (Å²) in [5.41, 5.74) is 0.405. The van der Waals surface area contributed by atoms with E-state index in [1.807, 2.05) is 0 Å². The van der Waals surface area contributed by atoms with E-state index in [1.165, 1.54) is 6.07 Å². The first-order valence-corrected chi connectivity index (χ1v) is 4.70. The molecule has 0 spiro atoms. The second kappa shape index (κ2) is 3.96. The van der Waals surface area contributed by atoms with Gasteiger partial charge in [0.1, 0.15) is 6.04 Å². The Kier molecular flexibility index (Phi) is 2.64. The highest BCUT2D eigenvalue weighted by Gasteiger charge is 2.26. The number of carbonyl (C=O) groups is 1. The molecule has 84 valence electrons. The maximum absolute atomic E-state index is 13.3. The molecule has 1 unspecified atom stereocenters. The van der Waals surface area contributed by atoms with E-state index < -0.39 is 23.9 Å². The summed E-state index contributed by atoms with van der Waals surface area (Å²) < 4.78 is 25.8. The van der Waals surface area contributed by atoms with Crippen LogP contribution in [0.1, 0.15) is 18.4 Å². The molecule has 1 aliphatic heterocycles. The number of rotatable bonds is 2. The van der Waals surface area contributed by atoms with E-state index in [-0.39, 0.29) is 5.56 Å². The summed E-state index contributed by atoms with van der Waals surface area (Å²) in [6.45, 7) is 0. The molecule has 0 amide bonds. The lowest BCUT2D eigenvalue weighted by Crippen LogP contribution is -2.13. The number of aliphatic carboxylic acids is 1. The SMILES string of the molecule is O=C(O)C1CCC(c2ccc(F)nc2F)=N1. The molecule has 0 aliphatic carbocycles. The third-order valence-corrected chi connectivity index (χ3v) is 2.38. The third-order valence-electron chi connectivity index (χ3n) is 2.38. The Hall–Kier alpha value is -1.85. The number of aromatic nitrogens is 1. The molecule has 1 aromatic rings. The maximum atomic E-state index is 13.3. The second-order valence-electron chi connectivity index (χ2n) is 3.44. The van der Waals surface area contributed by atoms with Gasteiger partial charge in [0, 0.05) is 5.71 Å². The summed E-state index contributed by atoms with van der Waals surface area (Å²) in [4.78, 5) is 17.5. The minimum Gasteiger partial charge on any atom is -0.480 e. The lowest BCUT2D eigenvalue weighted by atomic mass is 10.1. The fraction of sp³-hybridized carbons (Fsp3) is 0.300. The van der Waals surface area contributed by atoms with Gasteiger partial charge in [0.15, 0.2) is 0 Å². The first-order valence-electron chi connectivity index (χ1n) is 4.70. The Bertz CT molecular complexity index is 474. The summed E-state index contributed by atoms with van der Waals surface area (Å²) in [5, 5.41) is 8.71. The molecule has 1 atom stereocenters. The van der Waals surface area contributed by atoms with Gasteiger partial charge in [-0.1, -0.05) is 0 Å².